The molecular formula is C27H38N2O8. The predicted molar refractivity (Wildman–Crippen MR) is 138 cm³/mol. The molecule has 204 valence electrons. The van der Waals surface area contributed by atoms with Crippen LogP contribution < -0.4 is 0 Å². The van der Waals surface area contributed by atoms with E-state index >= 15 is 0 Å². The van der Waals surface area contributed by atoms with E-state index in [2.05, 4.69) is 48.0 Å². The quantitative estimate of drug-likeness (QED) is 0.377. The van der Waals surface area contributed by atoms with E-state index in [1.165, 1.54) is 58.2 Å². The fourth-order valence-electron chi connectivity index (χ4n) is 4.56. The molecule has 0 aromatic heterocycles. The van der Waals surface area contributed by atoms with E-state index in [1.54, 1.807) is 11.1 Å². The zero-order chi connectivity index (χ0) is 27.8. The standard InChI is InChI=1S/C19H30N2.2C4H4O4/c1-3-13-21-14-11-17(12-15-21)20(2)19-10-6-8-16-7-4-5-9-18(16)19;2*5-3(6)1-2-4(7)8/h4-5,7,9,17,19H,3,6,8,10-15H2,1-2H3;2*1-2H,(H,5,6)(H,7,8)/b;2*2-1-/t19-;;/m0../s1. The van der Waals surface area contributed by atoms with Crippen LogP contribution in [0.5, 0.6) is 0 Å². The number of nitrogens with zero attached hydrogens (tertiary/aromatic N) is 2. The highest BCUT2D eigenvalue weighted by Gasteiger charge is 2.30. The summed E-state index contributed by atoms with van der Waals surface area (Å²) in [6, 6.07) is 10.5. The van der Waals surface area contributed by atoms with Crippen LogP contribution in [0.15, 0.2) is 48.6 Å². The van der Waals surface area contributed by atoms with Crippen molar-refractivity contribution >= 4 is 23.9 Å². The highest BCUT2D eigenvalue weighted by Crippen LogP contribution is 2.35. The van der Waals surface area contributed by atoms with Crippen LogP contribution in [0.1, 0.15) is 56.2 Å². The Morgan fingerprint density at radius 2 is 1.35 bits per heavy atom. The number of carbonyl (C=O) groups is 4. The Labute approximate surface area is 217 Å². The number of carboxylic acids is 4. The highest BCUT2D eigenvalue weighted by molar-refractivity contribution is 5.90. The molecule has 0 amide bonds. The molecule has 1 aliphatic carbocycles. The van der Waals surface area contributed by atoms with Gasteiger partial charge in [-0.1, -0.05) is 31.2 Å². The van der Waals surface area contributed by atoms with Gasteiger partial charge in [0.25, 0.3) is 0 Å². The molecule has 1 heterocycles. The molecule has 3 rings (SSSR count). The molecule has 0 bridgehead atoms. The van der Waals surface area contributed by atoms with Crippen LogP contribution >= 0.6 is 0 Å². The third-order valence-electron chi connectivity index (χ3n) is 6.24. The first kappa shape index (κ1) is 31.5. The van der Waals surface area contributed by atoms with E-state index in [9.17, 15) is 19.2 Å². The SMILES string of the molecule is CCCN1CCC(N(C)[C@H]2CCCc3ccccc32)CC1.O=C(O)/C=C\C(=O)O.O=C(O)/C=C\C(=O)O. The summed E-state index contributed by atoms with van der Waals surface area (Å²) in [5.41, 5.74) is 3.19. The average Bonchev–Trinajstić information content (AvgIpc) is 2.87. The molecule has 1 aliphatic heterocycles. The van der Waals surface area contributed by atoms with E-state index in [1.807, 2.05) is 0 Å². The van der Waals surface area contributed by atoms with Gasteiger partial charge in [-0.3, -0.25) is 4.90 Å². The van der Waals surface area contributed by atoms with Crippen LogP contribution in [-0.4, -0.2) is 86.8 Å². The molecule has 1 fully saturated rings. The first-order valence-electron chi connectivity index (χ1n) is 12.3. The predicted octanol–water partition coefficient (Wildman–Crippen LogP) is 3.29. The molecule has 10 heteroatoms. The van der Waals surface area contributed by atoms with Crippen LogP contribution in [0, 0.1) is 0 Å². The van der Waals surface area contributed by atoms with Gasteiger partial charge in [0.1, 0.15) is 0 Å². The zero-order valence-corrected chi connectivity index (χ0v) is 21.5. The molecule has 0 spiro atoms. The van der Waals surface area contributed by atoms with Crippen LogP contribution in [0.3, 0.4) is 0 Å². The monoisotopic (exact) mass is 518 g/mol. The topological polar surface area (TPSA) is 156 Å². The number of likely N-dealkylation sites (tertiary alicyclic amines) is 1. The van der Waals surface area contributed by atoms with Crippen molar-refractivity contribution in [3.8, 4) is 0 Å². The van der Waals surface area contributed by atoms with Crippen molar-refractivity contribution in [3.05, 3.63) is 59.7 Å². The number of piperidine rings is 1. The maximum Gasteiger partial charge on any atom is 0.328 e. The lowest BCUT2D eigenvalue weighted by Gasteiger charge is -2.42. The van der Waals surface area contributed by atoms with Gasteiger partial charge >= 0.3 is 23.9 Å². The van der Waals surface area contributed by atoms with Gasteiger partial charge in [0, 0.05) is 36.4 Å². The molecule has 2 aliphatic rings. The number of aryl methyl sites for hydroxylation is 1. The third kappa shape index (κ3) is 12.9. The highest BCUT2D eigenvalue weighted by atomic mass is 16.4. The summed E-state index contributed by atoms with van der Waals surface area (Å²) >= 11 is 0. The first-order chi connectivity index (χ1) is 17.5. The first-order valence-corrected chi connectivity index (χ1v) is 12.3. The Bertz CT molecular complexity index is 885. The summed E-state index contributed by atoms with van der Waals surface area (Å²) in [6.45, 7) is 6.15. The maximum atomic E-state index is 9.55. The fraction of sp³-hybridized carbons (Fsp3) is 0.481. The molecule has 1 aromatic carbocycles. The smallest absolute Gasteiger partial charge is 0.328 e. The van der Waals surface area contributed by atoms with Crippen LogP contribution in [-0.2, 0) is 25.6 Å². The van der Waals surface area contributed by atoms with Gasteiger partial charge in [-0.15, -0.1) is 0 Å². The van der Waals surface area contributed by atoms with Gasteiger partial charge in [-0.25, -0.2) is 19.2 Å². The van der Waals surface area contributed by atoms with Crippen molar-refractivity contribution in [3.63, 3.8) is 0 Å². The summed E-state index contributed by atoms with van der Waals surface area (Å²) in [4.78, 5) is 43.5. The lowest BCUT2D eigenvalue weighted by atomic mass is 9.85. The summed E-state index contributed by atoms with van der Waals surface area (Å²) < 4.78 is 0. The van der Waals surface area contributed by atoms with Gasteiger partial charge < -0.3 is 25.3 Å². The molecule has 1 atom stereocenters. The average molecular weight is 519 g/mol. The normalized spacial score (nSPS) is 17.9. The van der Waals surface area contributed by atoms with Crippen molar-refractivity contribution in [1.29, 1.82) is 0 Å². The minimum atomic E-state index is -1.26. The molecule has 0 radical (unpaired) electrons. The lowest BCUT2D eigenvalue weighted by molar-refractivity contribution is -0.134. The minimum absolute atomic E-state index is 0.558. The van der Waals surface area contributed by atoms with Crippen LogP contribution in [0.2, 0.25) is 0 Å². The number of hydrogen-bond donors (Lipinski definition) is 4. The van der Waals surface area contributed by atoms with E-state index in [-0.39, 0.29) is 0 Å². The number of benzene rings is 1. The van der Waals surface area contributed by atoms with Gasteiger partial charge in [0.05, 0.1) is 0 Å². The molecule has 1 aromatic rings. The van der Waals surface area contributed by atoms with Crippen molar-refractivity contribution in [1.82, 2.24) is 9.80 Å². The third-order valence-corrected chi connectivity index (χ3v) is 6.24. The van der Waals surface area contributed by atoms with Crippen molar-refractivity contribution < 1.29 is 39.6 Å². The van der Waals surface area contributed by atoms with E-state index < -0.39 is 23.9 Å². The van der Waals surface area contributed by atoms with E-state index in [4.69, 9.17) is 20.4 Å². The van der Waals surface area contributed by atoms with Crippen molar-refractivity contribution in [2.45, 2.75) is 57.5 Å². The van der Waals surface area contributed by atoms with E-state index in [0.717, 1.165) is 6.04 Å². The van der Waals surface area contributed by atoms with Gasteiger partial charge in [-0.05, 0) is 76.3 Å². The Morgan fingerprint density at radius 1 is 0.865 bits per heavy atom. The second-order valence-electron chi connectivity index (χ2n) is 8.86. The molecule has 0 saturated carbocycles. The number of carboxylic acid groups (broad SMARTS) is 4. The Kier molecular flexibility index (Phi) is 14.5. The largest absolute Gasteiger partial charge is 0.478 e. The molecule has 0 unspecified atom stereocenters. The summed E-state index contributed by atoms with van der Waals surface area (Å²) in [7, 11) is 2.37. The zero-order valence-electron chi connectivity index (χ0n) is 21.5. The van der Waals surface area contributed by atoms with Gasteiger partial charge in [0.15, 0.2) is 0 Å². The Morgan fingerprint density at radius 3 is 1.81 bits per heavy atom. The summed E-state index contributed by atoms with van der Waals surface area (Å²) in [6.07, 6.45) is 10.2. The van der Waals surface area contributed by atoms with Crippen molar-refractivity contribution in [2.75, 3.05) is 26.7 Å². The van der Waals surface area contributed by atoms with Crippen molar-refractivity contribution in [2.24, 2.45) is 0 Å². The number of hydrogen-bond acceptors (Lipinski definition) is 6. The van der Waals surface area contributed by atoms with Gasteiger partial charge in [0.2, 0.25) is 0 Å². The lowest BCUT2D eigenvalue weighted by Crippen LogP contribution is -2.45. The molecular weight excluding hydrogens is 480 g/mol. The second-order valence-corrected chi connectivity index (χ2v) is 8.86. The number of rotatable bonds is 8. The van der Waals surface area contributed by atoms with E-state index in [0.29, 0.717) is 30.3 Å². The summed E-state index contributed by atoms with van der Waals surface area (Å²) in [5, 5.41) is 31.2. The van der Waals surface area contributed by atoms with Crippen LogP contribution in [0.4, 0.5) is 0 Å². The molecule has 37 heavy (non-hydrogen) atoms. The maximum absolute atomic E-state index is 9.55. The molecule has 10 nitrogen and oxygen atoms in total. The number of fused-ring (bicyclic) bond motifs is 1. The Hall–Kier alpha value is -3.50. The summed E-state index contributed by atoms with van der Waals surface area (Å²) in [5.74, 6) is -5.03. The second kappa shape index (κ2) is 17.0. The number of aliphatic carboxylic acids is 4. The van der Waals surface area contributed by atoms with Crippen LogP contribution in [0.25, 0.3) is 0 Å². The molecule has 1 saturated heterocycles. The Balaban J connectivity index is 0.000000355. The van der Waals surface area contributed by atoms with Gasteiger partial charge in [-0.2, -0.15) is 0 Å². The fourth-order valence-corrected chi connectivity index (χ4v) is 4.56. The minimum Gasteiger partial charge on any atom is -0.478 e. The molecule has 4 N–H and O–H groups in total.